The highest BCUT2D eigenvalue weighted by Gasteiger charge is 2.19. The number of hydrogen-bond donors (Lipinski definition) is 2. The Labute approximate surface area is 157 Å². The molecule has 0 aliphatic rings. The fraction of sp³-hybridized carbons (Fsp3) is 0.136. The summed E-state index contributed by atoms with van der Waals surface area (Å²) in [6.07, 6.45) is -0.492. The van der Waals surface area contributed by atoms with Crippen molar-refractivity contribution in [3.63, 3.8) is 0 Å². The zero-order valence-corrected chi connectivity index (χ0v) is 15.4. The molecule has 0 saturated heterocycles. The molecule has 4 aromatic rings. The van der Waals surface area contributed by atoms with E-state index in [1.807, 2.05) is 79.3 Å². The van der Waals surface area contributed by atoms with Gasteiger partial charge in [-0.3, -0.25) is 9.48 Å². The summed E-state index contributed by atoms with van der Waals surface area (Å²) >= 11 is 0. The molecule has 0 amide bonds. The Balaban J connectivity index is 1.76. The van der Waals surface area contributed by atoms with Crippen LogP contribution in [0.25, 0.3) is 16.5 Å². The van der Waals surface area contributed by atoms with Crippen LogP contribution < -0.4 is 16.6 Å². The van der Waals surface area contributed by atoms with Crippen LogP contribution in [0.4, 0.5) is 5.69 Å². The number of aromatic nitrogens is 2. The molecule has 0 aliphatic carbocycles. The van der Waals surface area contributed by atoms with Crippen LogP contribution in [0, 0.1) is 6.92 Å². The Morgan fingerprint density at radius 1 is 0.926 bits per heavy atom. The number of nitrogens with one attached hydrogen (secondary N) is 1. The number of hydrogen-bond acceptors (Lipinski definition) is 3. The van der Waals surface area contributed by atoms with Crippen molar-refractivity contribution in [1.82, 2.24) is 9.36 Å². The van der Waals surface area contributed by atoms with E-state index >= 15 is 0 Å². The lowest BCUT2D eigenvalue weighted by atomic mass is 10.0. The van der Waals surface area contributed by atoms with Gasteiger partial charge in [0.05, 0.1) is 11.4 Å². The summed E-state index contributed by atoms with van der Waals surface area (Å²) in [5.41, 5.74) is 9.47. The molecule has 0 aliphatic heterocycles. The second-order valence-electron chi connectivity index (χ2n) is 6.63. The second kappa shape index (κ2) is 6.78. The average Bonchev–Trinajstić information content (AvgIpc) is 2.91. The van der Waals surface area contributed by atoms with Gasteiger partial charge in [-0.05, 0) is 35.4 Å². The Morgan fingerprint density at radius 2 is 1.59 bits per heavy atom. The van der Waals surface area contributed by atoms with Crippen molar-refractivity contribution in [3.05, 3.63) is 94.4 Å². The average molecular weight is 358 g/mol. The molecule has 1 atom stereocenters. The third kappa shape index (κ3) is 2.92. The number of nitrogens with two attached hydrogens (primary N) is 1. The van der Waals surface area contributed by atoms with E-state index in [1.165, 1.54) is 0 Å². The van der Waals surface area contributed by atoms with E-state index in [-0.39, 0.29) is 5.56 Å². The van der Waals surface area contributed by atoms with Gasteiger partial charge < -0.3 is 11.1 Å². The van der Waals surface area contributed by atoms with Gasteiger partial charge in [0.25, 0.3) is 5.56 Å². The van der Waals surface area contributed by atoms with Crippen LogP contribution in [0.1, 0.15) is 17.4 Å². The fourth-order valence-electron chi connectivity index (χ4n) is 3.49. The monoisotopic (exact) mass is 358 g/mol. The number of rotatable bonds is 4. The molecule has 3 aromatic carbocycles. The highest BCUT2D eigenvalue weighted by Crippen LogP contribution is 2.25. The SMILES string of the molecule is Cc1c(NC(N)c2cccc3ccccc23)c(=O)n(-c2ccccc2)n1C. The first-order valence-corrected chi connectivity index (χ1v) is 8.91. The first-order valence-electron chi connectivity index (χ1n) is 8.91. The van der Waals surface area contributed by atoms with Crippen LogP contribution in [-0.2, 0) is 7.05 Å². The maximum Gasteiger partial charge on any atom is 0.295 e. The third-order valence-electron chi connectivity index (χ3n) is 5.01. The van der Waals surface area contributed by atoms with Crippen molar-refractivity contribution in [2.24, 2.45) is 12.8 Å². The van der Waals surface area contributed by atoms with Crippen molar-refractivity contribution in [3.8, 4) is 5.69 Å². The van der Waals surface area contributed by atoms with E-state index in [4.69, 9.17) is 5.73 Å². The van der Waals surface area contributed by atoms with E-state index in [2.05, 4.69) is 17.4 Å². The maximum absolute atomic E-state index is 13.1. The van der Waals surface area contributed by atoms with E-state index in [1.54, 1.807) is 4.68 Å². The quantitative estimate of drug-likeness (QED) is 0.547. The van der Waals surface area contributed by atoms with Gasteiger partial charge >= 0.3 is 0 Å². The number of para-hydroxylation sites is 1. The molecule has 0 radical (unpaired) electrons. The van der Waals surface area contributed by atoms with Gasteiger partial charge in [0, 0.05) is 7.05 Å². The van der Waals surface area contributed by atoms with Gasteiger partial charge in [-0.1, -0.05) is 60.7 Å². The predicted octanol–water partition coefficient (Wildman–Crippen LogP) is 3.71. The fourth-order valence-corrected chi connectivity index (χ4v) is 3.49. The summed E-state index contributed by atoms with van der Waals surface area (Å²) in [7, 11) is 1.87. The Morgan fingerprint density at radius 3 is 2.37 bits per heavy atom. The Bertz CT molecular complexity index is 1150. The summed E-state index contributed by atoms with van der Waals surface area (Å²) < 4.78 is 3.49. The molecule has 136 valence electrons. The molecule has 5 heteroatoms. The lowest BCUT2D eigenvalue weighted by Crippen LogP contribution is -2.25. The Hall–Kier alpha value is -3.31. The van der Waals surface area contributed by atoms with Crippen LogP contribution in [0.5, 0.6) is 0 Å². The molecule has 0 fully saturated rings. The van der Waals surface area contributed by atoms with Gasteiger partial charge in [0.2, 0.25) is 0 Å². The molecule has 3 N–H and O–H groups in total. The van der Waals surface area contributed by atoms with E-state index in [0.717, 1.165) is 27.7 Å². The lowest BCUT2D eigenvalue weighted by molar-refractivity contribution is 0.630. The lowest BCUT2D eigenvalue weighted by Gasteiger charge is -2.17. The molecule has 0 bridgehead atoms. The zero-order chi connectivity index (χ0) is 19.0. The van der Waals surface area contributed by atoms with Gasteiger partial charge in [-0.15, -0.1) is 0 Å². The zero-order valence-electron chi connectivity index (χ0n) is 15.4. The summed E-state index contributed by atoms with van der Waals surface area (Å²) in [6.45, 7) is 1.92. The summed E-state index contributed by atoms with van der Waals surface area (Å²) in [5, 5.41) is 5.45. The maximum atomic E-state index is 13.1. The minimum Gasteiger partial charge on any atom is -0.360 e. The first kappa shape index (κ1) is 17.1. The molecule has 4 rings (SSSR count). The number of benzene rings is 3. The predicted molar refractivity (Wildman–Crippen MR) is 110 cm³/mol. The minimum absolute atomic E-state index is 0.114. The van der Waals surface area contributed by atoms with E-state index in [9.17, 15) is 4.79 Å². The smallest absolute Gasteiger partial charge is 0.295 e. The van der Waals surface area contributed by atoms with Crippen molar-refractivity contribution in [2.75, 3.05) is 5.32 Å². The number of nitrogens with zero attached hydrogens (tertiary/aromatic N) is 2. The standard InChI is InChI=1S/C22H22N4O/c1-15-20(22(27)26(25(15)2)17-11-4-3-5-12-17)24-21(23)19-14-8-10-16-9-6-7-13-18(16)19/h3-14,21,24H,23H2,1-2H3. The topological polar surface area (TPSA) is 65.0 Å². The van der Waals surface area contributed by atoms with Crippen LogP contribution in [0.15, 0.2) is 77.6 Å². The summed E-state index contributed by atoms with van der Waals surface area (Å²) in [6, 6.07) is 23.7. The van der Waals surface area contributed by atoms with Crippen molar-refractivity contribution >= 4 is 16.5 Å². The van der Waals surface area contributed by atoms with Crippen molar-refractivity contribution in [1.29, 1.82) is 0 Å². The minimum atomic E-state index is -0.492. The Kier molecular flexibility index (Phi) is 4.30. The molecule has 27 heavy (non-hydrogen) atoms. The molecule has 1 aromatic heterocycles. The molecule has 0 saturated carbocycles. The van der Waals surface area contributed by atoms with Gasteiger partial charge in [0.15, 0.2) is 0 Å². The highest BCUT2D eigenvalue weighted by atomic mass is 16.1. The summed E-state index contributed by atoms with van der Waals surface area (Å²) in [5.74, 6) is 0. The third-order valence-corrected chi connectivity index (χ3v) is 5.01. The van der Waals surface area contributed by atoms with Crippen molar-refractivity contribution in [2.45, 2.75) is 13.1 Å². The van der Waals surface area contributed by atoms with Gasteiger partial charge in [-0.25, -0.2) is 4.68 Å². The second-order valence-corrected chi connectivity index (χ2v) is 6.63. The highest BCUT2D eigenvalue weighted by molar-refractivity contribution is 5.86. The van der Waals surface area contributed by atoms with Crippen molar-refractivity contribution < 1.29 is 0 Å². The van der Waals surface area contributed by atoms with E-state index in [0.29, 0.717) is 5.69 Å². The molecule has 0 spiro atoms. The molecule has 5 nitrogen and oxygen atoms in total. The van der Waals surface area contributed by atoms with Crippen LogP contribution >= 0.6 is 0 Å². The first-order chi connectivity index (χ1) is 13.1. The summed E-state index contributed by atoms with van der Waals surface area (Å²) in [4.78, 5) is 13.1. The molecule has 1 unspecified atom stereocenters. The van der Waals surface area contributed by atoms with Gasteiger partial charge in [-0.2, -0.15) is 0 Å². The molecular weight excluding hydrogens is 336 g/mol. The molecule has 1 heterocycles. The normalized spacial score (nSPS) is 12.3. The van der Waals surface area contributed by atoms with Crippen LogP contribution in [0.3, 0.4) is 0 Å². The largest absolute Gasteiger partial charge is 0.360 e. The van der Waals surface area contributed by atoms with Gasteiger partial charge in [0.1, 0.15) is 11.9 Å². The molecular formula is C22H22N4O. The van der Waals surface area contributed by atoms with Crippen LogP contribution in [0.2, 0.25) is 0 Å². The number of fused-ring (bicyclic) bond motifs is 1. The number of anilines is 1. The van der Waals surface area contributed by atoms with E-state index < -0.39 is 6.17 Å². The van der Waals surface area contributed by atoms with Crippen LogP contribution in [-0.4, -0.2) is 9.36 Å².